The summed E-state index contributed by atoms with van der Waals surface area (Å²) in [5, 5.41) is 13.7. The molecule has 0 radical (unpaired) electrons. The number of thiophene rings is 1. The van der Waals surface area contributed by atoms with Crippen LogP contribution in [0.5, 0.6) is 5.75 Å². The second-order valence-electron chi connectivity index (χ2n) is 4.79. The number of carbonyl (C=O) groups excluding carboxylic acids is 1. The highest BCUT2D eigenvalue weighted by Gasteiger charge is 2.20. The normalized spacial score (nSPS) is 11.7. The van der Waals surface area contributed by atoms with Gasteiger partial charge in [-0.05, 0) is 35.7 Å². The largest absolute Gasteiger partial charge is 0.497 e. The monoisotopic (exact) mass is 319 g/mol. The third-order valence-electron chi connectivity index (χ3n) is 3.17. The summed E-state index contributed by atoms with van der Waals surface area (Å²) in [6.45, 7) is 0. The van der Waals surface area contributed by atoms with E-state index in [0.29, 0.717) is 11.4 Å². The van der Waals surface area contributed by atoms with Gasteiger partial charge >= 0.3 is 5.97 Å². The standard InChI is InChI=1S/C16H17NO4S/c1-21-13-6-4-12(5-7-13)17-15(18)9-11(10-16(19)20)14-3-2-8-22-14/h2-8,11H,9-10H2,1H3,(H,17,18)(H,19,20). The van der Waals surface area contributed by atoms with Gasteiger partial charge in [0.2, 0.25) is 5.91 Å². The van der Waals surface area contributed by atoms with Crippen LogP contribution in [0.4, 0.5) is 5.69 Å². The number of hydrogen-bond donors (Lipinski definition) is 2. The molecule has 0 saturated carbocycles. The van der Waals surface area contributed by atoms with Crippen LogP contribution in [0.1, 0.15) is 23.6 Å². The molecule has 0 aliphatic heterocycles. The van der Waals surface area contributed by atoms with Gasteiger partial charge in [0.05, 0.1) is 13.5 Å². The summed E-state index contributed by atoms with van der Waals surface area (Å²) < 4.78 is 5.05. The quantitative estimate of drug-likeness (QED) is 0.820. The Hall–Kier alpha value is -2.34. The van der Waals surface area contributed by atoms with E-state index in [1.54, 1.807) is 31.4 Å². The number of carboxylic acid groups (broad SMARTS) is 1. The average Bonchev–Trinajstić information content (AvgIpc) is 3.01. The Labute approximate surface area is 132 Å². The molecule has 2 aromatic rings. The number of carboxylic acids is 1. The lowest BCUT2D eigenvalue weighted by Gasteiger charge is -2.13. The minimum atomic E-state index is -0.907. The molecule has 1 atom stereocenters. The van der Waals surface area contributed by atoms with Crippen molar-refractivity contribution in [3.63, 3.8) is 0 Å². The molecule has 0 spiro atoms. The topological polar surface area (TPSA) is 75.6 Å². The molecule has 116 valence electrons. The van der Waals surface area contributed by atoms with Gasteiger partial charge in [-0.15, -0.1) is 11.3 Å². The molecule has 1 aromatic carbocycles. The van der Waals surface area contributed by atoms with E-state index in [0.717, 1.165) is 4.88 Å². The van der Waals surface area contributed by atoms with Gasteiger partial charge in [-0.2, -0.15) is 0 Å². The zero-order valence-corrected chi connectivity index (χ0v) is 12.9. The number of ether oxygens (including phenoxy) is 1. The Bertz CT molecular complexity index is 622. The molecule has 1 aromatic heterocycles. The van der Waals surface area contributed by atoms with Crippen molar-refractivity contribution in [1.29, 1.82) is 0 Å². The summed E-state index contributed by atoms with van der Waals surface area (Å²) in [4.78, 5) is 24.0. The number of aliphatic carboxylic acids is 1. The first-order valence-corrected chi connectivity index (χ1v) is 7.65. The molecule has 0 saturated heterocycles. The van der Waals surface area contributed by atoms with E-state index in [-0.39, 0.29) is 24.7 Å². The van der Waals surface area contributed by atoms with Crippen molar-refractivity contribution >= 4 is 28.9 Å². The second kappa shape index (κ2) is 7.61. The Balaban J connectivity index is 1.99. The van der Waals surface area contributed by atoms with E-state index in [1.807, 2.05) is 17.5 Å². The molecular weight excluding hydrogens is 302 g/mol. The number of anilines is 1. The fraction of sp³-hybridized carbons (Fsp3) is 0.250. The lowest BCUT2D eigenvalue weighted by molar-refractivity contribution is -0.137. The van der Waals surface area contributed by atoms with E-state index < -0.39 is 5.97 Å². The van der Waals surface area contributed by atoms with Gasteiger partial charge in [0.25, 0.3) is 0 Å². The highest BCUT2D eigenvalue weighted by Crippen LogP contribution is 2.28. The molecule has 1 heterocycles. The smallest absolute Gasteiger partial charge is 0.304 e. The third-order valence-corrected chi connectivity index (χ3v) is 4.21. The Morgan fingerprint density at radius 3 is 2.50 bits per heavy atom. The van der Waals surface area contributed by atoms with Crippen molar-refractivity contribution in [3.05, 3.63) is 46.7 Å². The van der Waals surface area contributed by atoms with Crippen LogP contribution in [0.2, 0.25) is 0 Å². The van der Waals surface area contributed by atoms with Crippen LogP contribution in [0.15, 0.2) is 41.8 Å². The number of nitrogens with one attached hydrogen (secondary N) is 1. The molecule has 2 rings (SSSR count). The molecule has 0 bridgehead atoms. The molecule has 0 aliphatic carbocycles. The summed E-state index contributed by atoms with van der Waals surface area (Å²) in [5.41, 5.74) is 0.658. The van der Waals surface area contributed by atoms with Crippen molar-refractivity contribution in [1.82, 2.24) is 0 Å². The first-order chi connectivity index (χ1) is 10.6. The lowest BCUT2D eigenvalue weighted by atomic mass is 9.99. The van der Waals surface area contributed by atoms with E-state index >= 15 is 0 Å². The van der Waals surface area contributed by atoms with Crippen molar-refractivity contribution in [2.24, 2.45) is 0 Å². The van der Waals surface area contributed by atoms with Gasteiger partial charge in [0.1, 0.15) is 5.75 Å². The minimum absolute atomic E-state index is 0.0590. The number of benzene rings is 1. The van der Waals surface area contributed by atoms with Crippen LogP contribution in [0.3, 0.4) is 0 Å². The van der Waals surface area contributed by atoms with Crippen molar-refractivity contribution in [2.75, 3.05) is 12.4 Å². The van der Waals surface area contributed by atoms with Gasteiger partial charge < -0.3 is 15.2 Å². The predicted molar refractivity (Wildman–Crippen MR) is 85.6 cm³/mol. The summed E-state index contributed by atoms with van der Waals surface area (Å²) >= 11 is 1.47. The van der Waals surface area contributed by atoms with Gasteiger partial charge in [-0.1, -0.05) is 6.07 Å². The zero-order valence-electron chi connectivity index (χ0n) is 12.1. The van der Waals surface area contributed by atoms with Crippen molar-refractivity contribution < 1.29 is 19.4 Å². The third kappa shape index (κ3) is 4.60. The summed E-state index contributed by atoms with van der Waals surface area (Å²) in [6.07, 6.45) is 0.0788. The molecule has 22 heavy (non-hydrogen) atoms. The maximum absolute atomic E-state index is 12.1. The maximum Gasteiger partial charge on any atom is 0.304 e. The lowest BCUT2D eigenvalue weighted by Crippen LogP contribution is -2.17. The maximum atomic E-state index is 12.1. The number of carbonyl (C=O) groups is 2. The fourth-order valence-corrected chi connectivity index (χ4v) is 2.95. The molecule has 0 aliphatic rings. The second-order valence-corrected chi connectivity index (χ2v) is 5.77. The van der Waals surface area contributed by atoms with Gasteiger partial charge in [-0.25, -0.2) is 0 Å². The number of amides is 1. The first-order valence-electron chi connectivity index (χ1n) is 6.77. The van der Waals surface area contributed by atoms with E-state index in [4.69, 9.17) is 9.84 Å². The van der Waals surface area contributed by atoms with Crippen LogP contribution < -0.4 is 10.1 Å². The van der Waals surface area contributed by atoms with Crippen LogP contribution in [0.25, 0.3) is 0 Å². The molecule has 1 amide bonds. The van der Waals surface area contributed by atoms with E-state index in [1.165, 1.54) is 11.3 Å². The van der Waals surface area contributed by atoms with Crippen LogP contribution in [-0.2, 0) is 9.59 Å². The molecule has 5 nitrogen and oxygen atoms in total. The Kier molecular flexibility index (Phi) is 5.55. The highest BCUT2D eigenvalue weighted by atomic mass is 32.1. The summed E-state index contributed by atoms with van der Waals surface area (Å²) in [6, 6.07) is 10.7. The van der Waals surface area contributed by atoms with Crippen molar-refractivity contribution in [3.8, 4) is 5.75 Å². The van der Waals surface area contributed by atoms with Crippen LogP contribution >= 0.6 is 11.3 Å². The SMILES string of the molecule is COc1ccc(NC(=O)CC(CC(=O)O)c2cccs2)cc1. The first kappa shape index (κ1) is 16.0. The summed E-state index contributed by atoms with van der Waals surface area (Å²) in [5.74, 6) is -0.712. The van der Waals surface area contributed by atoms with Gasteiger partial charge in [0, 0.05) is 22.9 Å². The molecule has 0 fully saturated rings. The van der Waals surface area contributed by atoms with Gasteiger partial charge in [-0.3, -0.25) is 9.59 Å². The van der Waals surface area contributed by atoms with E-state index in [9.17, 15) is 9.59 Å². The number of rotatable bonds is 7. The van der Waals surface area contributed by atoms with E-state index in [2.05, 4.69) is 5.32 Å². The Morgan fingerprint density at radius 2 is 1.95 bits per heavy atom. The number of methoxy groups -OCH3 is 1. The average molecular weight is 319 g/mol. The Morgan fingerprint density at radius 1 is 1.23 bits per heavy atom. The van der Waals surface area contributed by atoms with Crippen LogP contribution in [-0.4, -0.2) is 24.1 Å². The minimum Gasteiger partial charge on any atom is -0.497 e. The molecule has 6 heteroatoms. The molecule has 2 N–H and O–H groups in total. The zero-order chi connectivity index (χ0) is 15.9. The van der Waals surface area contributed by atoms with Crippen molar-refractivity contribution in [2.45, 2.75) is 18.8 Å². The van der Waals surface area contributed by atoms with Crippen LogP contribution in [0, 0.1) is 0 Å². The number of hydrogen-bond acceptors (Lipinski definition) is 4. The predicted octanol–water partition coefficient (Wildman–Crippen LogP) is 3.34. The molecule has 1 unspecified atom stereocenters. The van der Waals surface area contributed by atoms with Gasteiger partial charge in [0.15, 0.2) is 0 Å². The highest BCUT2D eigenvalue weighted by molar-refractivity contribution is 7.10. The fourth-order valence-electron chi connectivity index (χ4n) is 2.12. The molecular formula is C16H17NO4S. The summed E-state index contributed by atoms with van der Waals surface area (Å²) in [7, 11) is 1.57.